The van der Waals surface area contributed by atoms with E-state index in [0.717, 1.165) is 6.61 Å². The molecule has 0 radical (unpaired) electrons. The molecule has 0 N–H and O–H groups in total. The fourth-order valence-corrected chi connectivity index (χ4v) is 0.885. The zero-order valence-corrected chi connectivity index (χ0v) is 14.2. The van der Waals surface area contributed by atoms with Crippen molar-refractivity contribution in [3.8, 4) is 0 Å². The van der Waals surface area contributed by atoms with Crippen LogP contribution in [0.4, 0.5) is 26.3 Å². The predicted molar refractivity (Wildman–Crippen MR) is 75.7 cm³/mol. The summed E-state index contributed by atoms with van der Waals surface area (Å²) in [5, 5.41) is -2.28. The van der Waals surface area contributed by atoms with E-state index in [-0.39, 0.29) is 6.61 Å². The number of carbonyl (C=O) groups is 2. The Balaban J connectivity index is -0.000000311. The van der Waals surface area contributed by atoms with E-state index in [2.05, 4.69) is 27.7 Å². The average Bonchev–Trinajstić information content (AvgIpc) is 2.39. The van der Waals surface area contributed by atoms with E-state index in [1.165, 1.54) is 6.26 Å². The second-order valence-corrected chi connectivity index (χ2v) is 4.21. The van der Waals surface area contributed by atoms with Gasteiger partial charge in [-0.15, -0.1) is 0 Å². The molecule has 4 nitrogen and oxygen atoms in total. The normalized spacial score (nSPS) is 11.9. The Bertz CT molecular complexity index is 372. The predicted octanol–water partition coefficient (Wildman–Crippen LogP) is 4.59. The maximum absolute atomic E-state index is 11.6. The second-order valence-electron chi connectivity index (χ2n) is 3.38. The largest absolute Gasteiger partial charge is 0.502 e. The van der Waals surface area contributed by atoms with Gasteiger partial charge in [-0.1, -0.05) is 18.2 Å². The Morgan fingerprint density at radius 2 is 1.50 bits per heavy atom. The monoisotopic (exact) mass is 408 g/mol. The highest BCUT2D eigenvalue weighted by Gasteiger charge is 2.39. The zero-order chi connectivity index (χ0) is 20.0. The maximum Gasteiger partial charge on any atom is 0.466 e. The molecule has 0 aliphatic heterocycles. The summed E-state index contributed by atoms with van der Waals surface area (Å²) in [7, 11) is 0. The first-order valence-corrected chi connectivity index (χ1v) is 6.90. The van der Waals surface area contributed by atoms with Crippen LogP contribution in [0.5, 0.6) is 0 Å². The lowest BCUT2D eigenvalue weighted by molar-refractivity contribution is -0.172. The molecule has 1 unspecified atom stereocenters. The van der Waals surface area contributed by atoms with Crippen LogP contribution in [0.3, 0.4) is 0 Å². The minimum Gasteiger partial charge on any atom is -0.502 e. The van der Waals surface area contributed by atoms with Crippen molar-refractivity contribution in [2.24, 2.45) is 0 Å². The summed E-state index contributed by atoms with van der Waals surface area (Å²) in [5.41, 5.74) is -1.19. The molecule has 0 aliphatic rings. The van der Waals surface area contributed by atoms with Gasteiger partial charge in [-0.05, 0) is 25.4 Å². The van der Waals surface area contributed by atoms with E-state index >= 15 is 0 Å². The Labute approximate surface area is 144 Å². The van der Waals surface area contributed by atoms with Crippen molar-refractivity contribution in [2.75, 3.05) is 13.2 Å². The highest BCUT2D eigenvalue weighted by molar-refractivity contribution is 6.64. The summed E-state index contributed by atoms with van der Waals surface area (Å²) in [6.07, 6.45) is -9.09. The molecule has 0 rings (SSSR count). The van der Waals surface area contributed by atoms with Gasteiger partial charge in [-0.2, -0.15) is 26.3 Å². The highest BCUT2D eigenvalue weighted by Crippen LogP contribution is 2.20. The van der Waals surface area contributed by atoms with Crippen molar-refractivity contribution in [1.82, 2.24) is 0 Å². The molecular formula is C12H16Cl2F6O4. The molecule has 0 amide bonds. The quantitative estimate of drug-likeness (QED) is 0.279. The van der Waals surface area contributed by atoms with Crippen LogP contribution in [0.25, 0.3) is 0 Å². The van der Waals surface area contributed by atoms with Gasteiger partial charge in [0.2, 0.25) is 5.78 Å². The van der Waals surface area contributed by atoms with Gasteiger partial charge >= 0.3 is 17.6 Å². The summed E-state index contributed by atoms with van der Waals surface area (Å²) in [6, 6.07) is 0. The van der Waals surface area contributed by atoms with Crippen molar-refractivity contribution in [2.45, 2.75) is 38.2 Å². The Morgan fingerprint density at radius 3 is 1.67 bits per heavy atom. The van der Waals surface area contributed by atoms with Crippen molar-refractivity contribution < 1.29 is 45.4 Å². The molecule has 0 fully saturated rings. The van der Waals surface area contributed by atoms with Crippen LogP contribution >= 0.6 is 23.2 Å². The van der Waals surface area contributed by atoms with Crippen LogP contribution in [0.1, 0.15) is 20.3 Å². The summed E-state index contributed by atoms with van der Waals surface area (Å²) in [6.45, 7) is 7.73. The number of halogens is 8. The van der Waals surface area contributed by atoms with Gasteiger partial charge in [-0.25, -0.2) is 0 Å². The molecule has 12 heteroatoms. The van der Waals surface area contributed by atoms with Gasteiger partial charge in [-0.3, -0.25) is 9.59 Å². The van der Waals surface area contributed by atoms with Crippen LogP contribution in [0, 0.1) is 0 Å². The van der Waals surface area contributed by atoms with E-state index < -0.39 is 35.4 Å². The number of ketones is 1. The van der Waals surface area contributed by atoms with E-state index in [4.69, 9.17) is 16.4 Å². The molecule has 144 valence electrons. The molecule has 24 heavy (non-hydrogen) atoms. The van der Waals surface area contributed by atoms with Crippen LogP contribution in [-0.4, -0.2) is 42.2 Å². The van der Waals surface area contributed by atoms with Crippen molar-refractivity contribution in [3.05, 3.63) is 12.8 Å². The fourth-order valence-electron chi connectivity index (χ4n) is 0.619. The average molecular weight is 409 g/mol. The SMILES string of the molecule is C=COCC.CCOC(Cl)CC(=O)C(F)(F)F.O=C(Cl)C(F)(F)F. The highest BCUT2D eigenvalue weighted by atomic mass is 35.5. The number of alkyl halides is 7. The van der Waals surface area contributed by atoms with Gasteiger partial charge in [0, 0.05) is 6.61 Å². The van der Waals surface area contributed by atoms with Crippen LogP contribution in [0.2, 0.25) is 0 Å². The molecule has 0 aromatic carbocycles. The zero-order valence-electron chi connectivity index (χ0n) is 12.6. The number of carbonyl (C=O) groups excluding carboxylic acids is 2. The smallest absolute Gasteiger partial charge is 0.466 e. The number of Topliss-reactive ketones (excluding diaryl/α,β-unsaturated/α-hetero) is 1. The van der Waals surface area contributed by atoms with E-state index in [9.17, 15) is 31.1 Å². The minimum absolute atomic E-state index is 0.180. The van der Waals surface area contributed by atoms with Crippen molar-refractivity contribution in [3.63, 3.8) is 0 Å². The minimum atomic E-state index is -4.87. The summed E-state index contributed by atoms with van der Waals surface area (Å²) >= 11 is 9.23. The number of ether oxygens (including phenoxy) is 2. The first-order valence-electron chi connectivity index (χ1n) is 6.08. The van der Waals surface area contributed by atoms with Crippen molar-refractivity contribution in [1.29, 1.82) is 0 Å². The lowest BCUT2D eigenvalue weighted by Crippen LogP contribution is -2.26. The summed E-state index contributed by atoms with van der Waals surface area (Å²) in [4.78, 5) is 19.4. The van der Waals surface area contributed by atoms with Gasteiger partial charge < -0.3 is 9.47 Å². The molecular weight excluding hydrogens is 393 g/mol. The van der Waals surface area contributed by atoms with Gasteiger partial charge in [0.15, 0.2) is 0 Å². The van der Waals surface area contributed by atoms with E-state index in [0.29, 0.717) is 0 Å². The molecule has 0 saturated heterocycles. The second kappa shape index (κ2) is 14.4. The van der Waals surface area contributed by atoms with Gasteiger partial charge in [0.1, 0.15) is 5.56 Å². The van der Waals surface area contributed by atoms with E-state index in [1.54, 1.807) is 6.92 Å². The first kappa shape index (κ1) is 27.8. The van der Waals surface area contributed by atoms with Gasteiger partial charge in [0.05, 0.1) is 19.3 Å². The maximum atomic E-state index is 11.6. The Kier molecular flexibility index (Phi) is 16.6. The number of hydrogen-bond acceptors (Lipinski definition) is 4. The molecule has 0 aromatic heterocycles. The summed E-state index contributed by atoms with van der Waals surface area (Å²) < 4.78 is 76.0. The first-order chi connectivity index (χ1) is 10.7. The van der Waals surface area contributed by atoms with Crippen LogP contribution in [-0.2, 0) is 19.1 Å². The molecule has 0 aromatic rings. The molecule has 0 bridgehead atoms. The number of hydrogen-bond donors (Lipinski definition) is 0. The third kappa shape index (κ3) is 21.0. The third-order valence-electron chi connectivity index (χ3n) is 1.52. The number of rotatable bonds is 6. The molecule has 0 aliphatic carbocycles. The van der Waals surface area contributed by atoms with Crippen LogP contribution < -0.4 is 0 Å². The molecule has 0 heterocycles. The lowest BCUT2D eigenvalue weighted by atomic mass is 10.3. The molecule has 1 atom stereocenters. The van der Waals surface area contributed by atoms with E-state index in [1.807, 2.05) is 6.92 Å². The Morgan fingerprint density at radius 1 is 1.08 bits per heavy atom. The molecule has 0 spiro atoms. The Hall–Kier alpha value is -1.00. The lowest BCUT2D eigenvalue weighted by Gasteiger charge is -2.09. The fraction of sp³-hybridized carbons (Fsp3) is 0.667. The van der Waals surface area contributed by atoms with Crippen molar-refractivity contribution >= 4 is 34.2 Å². The third-order valence-corrected chi connectivity index (χ3v) is 2.01. The topological polar surface area (TPSA) is 52.6 Å². The standard InChI is InChI=1S/C6H8ClF3O2.C4H8O.C2ClF3O/c1-2-12-5(7)3-4(11)6(8,9)10;1-3-5-4-2;3-1(7)2(4,5)6/h5H,2-3H2,1H3;3H,1,4H2,2H3;. The molecule has 0 saturated carbocycles. The van der Waals surface area contributed by atoms with Crippen LogP contribution in [0.15, 0.2) is 12.8 Å². The summed E-state index contributed by atoms with van der Waals surface area (Å²) in [5.74, 6) is -1.86. The van der Waals surface area contributed by atoms with Gasteiger partial charge in [0.25, 0.3) is 0 Å².